The molecule has 2 N–H and O–H groups in total. The van der Waals surface area contributed by atoms with Crippen molar-refractivity contribution in [3.63, 3.8) is 0 Å². The van der Waals surface area contributed by atoms with Crippen LogP contribution in [0, 0.1) is 11.3 Å². The monoisotopic (exact) mass is 235 g/mol. The Kier molecular flexibility index (Phi) is 3.33. The van der Waals surface area contributed by atoms with Crippen LogP contribution in [0.15, 0.2) is 18.2 Å². The van der Waals surface area contributed by atoms with Crippen LogP contribution in [0.25, 0.3) is 0 Å². The Morgan fingerprint density at radius 1 is 1.38 bits per heavy atom. The molecule has 1 aromatic rings. The van der Waals surface area contributed by atoms with Crippen molar-refractivity contribution >= 4 is 17.3 Å². The highest BCUT2D eigenvalue weighted by atomic mass is 35.5. The first-order valence-corrected chi connectivity index (χ1v) is 5.78. The van der Waals surface area contributed by atoms with Gasteiger partial charge in [0.1, 0.15) is 6.07 Å². The molecule has 0 aromatic heterocycles. The SMILES string of the molecule is N#Cc1cc(Cl)ccc1N1CCC(N)CC1. The normalized spacial score (nSPS) is 17.2. The molecule has 0 atom stereocenters. The number of anilines is 1. The van der Waals surface area contributed by atoms with Gasteiger partial charge in [-0.05, 0) is 31.0 Å². The van der Waals surface area contributed by atoms with Gasteiger partial charge in [0, 0.05) is 24.2 Å². The molecule has 0 unspecified atom stereocenters. The van der Waals surface area contributed by atoms with Crippen LogP contribution in [0.5, 0.6) is 0 Å². The predicted molar refractivity (Wildman–Crippen MR) is 65.6 cm³/mol. The van der Waals surface area contributed by atoms with Gasteiger partial charge in [0.25, 0.3) is 0 Å². The molecule has 0 aliphatic carbocycles. The summed E-state index contributed by atoms with van der Waals surface area (Å²) in [5.74, 6) is 0. The van der Waals surface area contributed by atoms with E-state index >= 15 is 0 Å². The van der Waals surface area contributed by atoms with E-state index in [-0.39, 0.29) is 0 Å². The highest BCUT2D eigenvalue weighted by Crippen LogP contribution is 2.26. The minimum absolute atomic E-state index is 0.300. The van der Waals surface area contributed by atoms with Crippen LogP contribution in [-0.4, -0.2) is 19.1 Å². The van der Waals surface area contributed by atoms with E-state index in [4.69, 9.17) is 22.6 Å². The molecule has 1 saturated heterocycles. The molecule has 1 aliphatic heterocycles. The second-order valence-electron chi connectivity index (χ2n) is 4.10. The van der Waals surface area contributed by atoms with Crippen LogP contribution >= 0.6 is 11.6 Å². The topological polar surface area (TPSA) is 53.0 Å². The molecular weight excluding hydrogens is 222 g/mol. The van der Waals surface area contributed by atoms with E-state index in [0.29, 0.717) is 16.6 Å². The summed E-state index contributed by atoms with van der Waals surface area (Å²) in [6, 6.07) is 7.94. The Morgan fingerprint density at radius 3 is 2.69 bits per heavy atom. The van der Waals surface area contributed by atoms with Gasteiger partial charge in [-0.25, -0.2) is 0 Å². The fraction of sp³-hybridized carbons (Fsp3) is 0.417. The summed E-state index contributed by atoms with van der Waals surface area (Å²) in [5.41, 5.74) is 7.47. The first-order valence-electron chi connectivity index (χ1n) is 5.41. The smallest absolute Gasteiger partial charge is 0.101 e. The number of nitrogens with zero attached hydrogens (tertiary/aromatic N) is 2. The third-order valence-corrected chi connectivity index (χ3v) is 3.19. The van der Waals surface area contributed by atoms with Crippen LogP contribution < -0.4 is 10.6 Å². The second-order valence-corrected chi connectivity index (χ2v) is 4.53. The number of hydrogen-bond donors (Lipinski definition) is 1. The molecule has 2 rings (SSSR count). The molecule has 16 heavy (non-hydrogen) atoms. The highest BCUT2D eigenvalue weighted by molar-refractivity contribution is 6.30. The van der Waals surface area contributed by atoms with Gasteiger partial charge in [0.2, 0.25) is 0 Å². The third-order valence-electron chi connectivity index (χ3n) is 2.96. The number of hydrogen-bond acceptors (Lipinski definition) is 3. The van der Waals surface area contributed by atoms with Crippen molar-refractivity contribution in [3.8, 4) is 6.07 Å². The predicted octanol–water partition coefficient (Wildman–Crippen LogP) is 2.14. The van der Waals surface area contributed by atoms with Crippen molar-refractivity contribution in [2.45, 2.75) is 18.9 Å². The Balaban J connectivity index is 2.24. The first kappa shape index (κ1) is 11.3. The largest absolute Gasteiger partial charge is 0.370 e. The summed E-state index contributed by atoms with van der Waals surface area (Å²) < 4.78 is 0. The summed E-state index contributed by atoms with van der Waals surface area (Å²) in [7, 11) is 0. The number of nitriles is 1. The third kappa shape index (κ3) is 2.29. The summed E-state index contributed by atoms with van der Waals surface area (Å²) >= 11 is 5.87. The molecule has 0 bridgehead atoms. The fourth-order valence-corrected chi connectivity index (χ4v) is 2.19. The molecule has 1 heterocycles. The van der Waals surface area contributed by atoms with Gasteiger partial charge in [-0.3, -0.25) is 0 Å². The van der Waals surface area contributed by atoms with Crippen LogP contribution in [0.2, 0.25) is 5.02 Å². The molecular formula is C12H14ClN3. The molecule has 1 aromatic carbocycles. The summed E-state index contributed by atoms with van der Waals surface area (Å²) in [6.07, 6.45) is 1.96. The van der Waals surface area contributed by atoms with Gasteiger partial charge in [-0.2, -0.15) is 5.26 Å². The Labute approximate surface area is 100 Å². The maximum atomic E-state index is 9.07. The summed E-state index contributed by atoms with van der Waals surface area (Å²) in [5, 5.41) is 9.67. The van der Waals surface area contributed by atoms with Gasteiger partial charge in [0.05, 0.1) is 11.3 Å². The molecule has 1 aliphatic rings. The van der Waals surface area contributed by atoms with Crippen molar-refractivity contribution in [1.82, 2.24) is 0 Å². The standard InChI is InChI=1S/C12H14ClN3/c13-10-1-2-12(9(7-10)8-14)16-5-3-11(15)4-6-16/h1-2,7,11H,3-6,15H2. The van der Waals surface area contributed by atoms with E-state index in [0.717, 1.165) is 31.6 Å². The van der Waals surface area contributed by atoms with Crippen molar-refractivity contribution in [2.24, 2.45) is 5.73 Å². The lowest BCUT2D eigenvalue weighted by atomic mass is 10.0. The van der Waals surface area contributed by atoms with E-state index in [1.165, 1.54) is 0 Å². The lowest BCUT2D eigenvalue weighted by Gasteiger charge is -2.32. The Bertz CT molecular complexity index is 417. The molecule has 0 saturated carbocycles. The fourth-order valence-electron chi connectivity index (χ4n) is 2.01. The number of halogens is 1. The van der Waals surface area contributed by atoms with Crippen molar-refractivity contribution < 1.29 is 0 Å². The number of rotatable bonds is 1. The van der Waals surface area contributed by atoms with Gasteiger partial charge >= 0.3 is 0 Å². The summed E-state index contributed by atoms with van der Waals surface area (Å²) in [4.78, 5) is 2.21. The maximum absolute atomic E-state index is 9.07. The van der Waals surface area contributed by atoms with Crippen molar-refractivity contribution in [3.05, 3.63) is 28.8 Å². The van der Waals surface area contributed by atoms with Gasteiger partial charge in [0.15, 0.2) is 0 Å². The first-order chi connectivity index (χ1) is 7.70. The van der Waals surface area contributed by atoms with Gasteiger partial charge < -0.3 is 10.6 Å². The van der Waals surface area contributed by atoms with E-state index in [1.54, 1.807) is 6.07 Å². The minimum Gasteiger partial charge on any atom is -0.370 e. The van der Waals surface area contributed by atoms with E-state index in [1.807, 2.05) is 12.1 Å². The molecule has 3 nitrogen and oxygen atoms in total. The average molecular weight is 236 g/mol. The van der Waals surface area contributed by atoms with Crippen molar-refractivity contribution in [1.29, 1.82) is 5.26 Å². The lowest BCUT2D eigenvalue weighted by molar-refractivity contribution is 0.501. The molecule has 0 radical (unpaired) electrons. The zero-order valence-electron chi connectivity index (χ0n) is 8.99. The second kappa shape index (κ2) is 4.73. The quantitative estimate of drug-likeness (QED) is 0.812. The van der Waals surface area contributed by atoms with Gasteiger partial charge in [-0.1, -0.05) is 11.6 Å². The van der Waals surface area contributed by atoms with Crippen LogP contribution in [0.1, 0.15) is 18.4 Å². The van der Waals surface area contributed by atoms with Crippen LogP contribution in [0.3, 0.4) is 0 Å². The summed E-state index contributed by atoms with van der Waals surface area (Å²) in [6.45, 7) is 1.83. The van der Waals surface area contributed by atoms with Crippen LogP contribution in [-0.2, 0) is 0 Å². The number of piperidine rings is 1. The molecule has 1 fully saturated rings. The maximum Gasteiger partial charge on any atom is 0.101 e. The number of nitrogens with two attached hydrogens (primary N) is 1. The van der Waals surface area contributed by atoms with Crippen molar-refractivity contribution in [2.75, 3.05) is 18.0 Å². The number of benzene rings is 1. The molecule has 0 spiro atoms. The Hall–Kier alpha value is -1.24. The Morgan fingerprint density at radius 2 is 2.06 bits per heavy atom. The average Bonchev–Trinajstić information content (AvgIpc) is 2.30. The van der Waals surface area contributed by atoms with Gasteiger partial charge in [-0.15, -0.1) is 0 Å². The lowest BCUT2D eigenvalue weighted by Crippen LogP contribution is -2.39. The van der Waals surface area contributed by atoms with Crippen LogP contribution in [0.4, 0.5) is 5.69 Å². The minimum atomic E-state index is 0.300. The zero-order chi connectivity index (χ0) is 11.5. The van der Waals surface area contributed by atoms with E-state index < -0.39 is 0 Å². The molecule has 84 valence electrons. The zero-order valence-corrected chi connectivity index (χ0v) is 9.74. The van der Waals surface area contributed by atoms with E-state index in [2.05, 4.69) is 11.0 Å². The highest BCUT2D eigenvalue weighted by Gasteiger charge is 2.18. The molecule has 4 heteroatoms. The molecule has 0 amide bonds. The van der Waals surface area contributed by atoms with E-state index in [9.17, 15) is 0 Å².